The molecule has 0 unspecified atom stereocenters. The van der Waals surface area contributed by atoms with E-state index in [0.717, 1.165) is 9.87 Å². The maximum atomic E-state index is 14.4. The molecule has 0 aliphatic heterocycles. The van der Waals surface area contributed by atoms with Gasteiger partial charge in [0.05, 0.1) is 10.6 Å². The van der Waals surface area contributed by atoms with Crippen LogP contribution in [0.2, 0.25) is 5.02 Å². The van der Waals surface area contributed by atoms with Gasteiger partial charge in [-0.15, -0.1) is 0 Å². The van der Waals surface area contributed by atoms with Gasteiger partial charge in [0.2, 0.25) is 11.8 Å². The van der Waals surface area contributed by atoms with Crippen molar-refractivity contribution in [3.05, 3.63) is 131 Å². The Balaban J connectivity index is 1.79. The number of anilines is 1. The van der Waals surface area contributed by atoms with E-state index in [-0.39, 0.29) is 29.8 Å². The van der Waals surface area contributed by atoms with Gasteiger partial charge >= 0.3 is 0 Å². The summed E-state index contributed by atoms with van der Waals surface area (Å²) in [5.74, 6) is -0.839. The number of hydrogen-bond acceptors (Lipinski definition) is 4. The van der Waals surface area contributed by atoms with E-state index in [9.17, 15) is 18.0 Å². The van der Waals surface area contributed by atoms with Gasteiger partial charge in [-0.05, 0) is 60.9 Å². The molecule has 4 aromatic rings. The zero-order valence-electron chi connectivity index (χ0n) is 24.3. The number of carbonyl (C=O) groups is 2. The highest BCUT2D eigenvalue weighted by Gasteiger charge is 2.34. The van der Waals surface area contributed by atoms with Crippen LogP contribution in [0, 0.1) is 0 Å². The molecule has 0 aromatic heterocycles. The summed E-state index contributed by atoms with van der Waals surface area (Å²) in [6.45, 7) is 3.42. The average molecular weight is 618 g/mol. The number of sulfonamides is 1. The largest absolute Gasteiger partial charge is 0.352 e. The minimum atomic E-state index is -4.13. The fourth-order valence-electron chi connectivity index (χ4n) is 4.67. The lowest BCUT2D eigenvalue weighted by atomic mass is 10.0. The Morgan fingerprint density at radius 3 is 2.00 bits per heavy atom. The summed E-state index contributed by atoms with van der Waals surface area (Å²) in [5, 5.41) is 3.52. The molecule has 0 aliphatic carbocycles. The third-order valence-corrected chi connectivity index (χ3v) is 9.19. The highest BCUT2D eigenvalue weighted by atomic mass is 35.5. The maximum absolute atomic E-state index is 14.4. The Morgan fingerprint density at radius 1 is 0.814 bits per heavy atom. The predicted molar refractivity (Wildman–Crippen MR) is 171 cm³/mol. The van der Waals surface area contributed by atoms with Crippen molar-refractivity contribution in [1.29, 1.82) is 0 Å². The number of halogens is 1. The molecule has 224 valence electrons. The van der Waals surface area contributed by atoms with Crippen molar-refractivity contribution < 1.29 is 18.0 Å². The maximum Gasteiger partial charge on any atom is 0.264 e. The van der Waals surface area contributed by atoms with Crippen LogP contribution in [0.1, 0.15) is 31.4 Å². The Hall–Kier alpha value is -4.14. The van der Waals surface area contributed by atoms with Crippen molar-refractivity contribution in [1.82, 2.24) is 10.2 Å². The average Bonchev–Trinajstić information content (AvgIpc) is 3.02. The molecular formula is C34H36ClN3O4S. The van der Waals surface area contributed by atoms with Gasteiger partial charge in [0, 0.05) is 24.0 Å². The first-order chi connectivity index (χ1) is 20.7. The quantitative estimate of drug-likeness (QED) is 0.197. The molecule has 1 N–H and O–H groups in total. The summed E-state index contributed by atoms with van der Waals surface area (Å²) >= 11 is 6.29. The van der Waals surface area contributed by atoms with Crippen molar-refractivity contribution >= 4 is 39.1 Å². The third-order valence-electron chi connectivity index (χ3n) is 7.17. The lowest BCUT2D eigenvalue weighted by Crippen LogP contribution is -2.54. The molecule has 0 heterocycles. The van der Waals surface area contributed by atoms with Crippen molar-refractivity contribution in [3.8, 4) is 0 Å². The van der Waals surface area contributed by atoms with E-state index in [4.69, 9.17) is 11.6 Å². The van der Waals surface area contributed by atoms with Gasteiger partial charge in [-0.3, -0.25) is 13.9 Å². The molecule has 7 nitrogen and oxygen atoms in total. The molecule has 0 saturated carbocycles. The summed E-state index contributed by atoms with van der Waals surface area (Å²) in [5.41, 5.74) is 1.92. The number of carbonyl (C=O) groups excluding carboxylic acids is 2. The molecule has 2 amide bonds. The number of para-hydroxylation sites is 1. The third kappa shape index (κ3) is 8.46. The monoisotopic (exact) mass is 617 g/mol. The molecule has 0 spiro atoms. The molecule has 0 radical (unpaired) electrons. The fourth-order valence-corrected chi connectivity index (χ4v) is 6.32. The van der Waals surface area contributed by atoms with Crippen LogP contribution < -0.4 is 9.62 Å². The minimum absolute atomic E-state index is 0.0544. The summed E-state index contributed by atoms with van der Waals surface area (Å²) < 4.78 is 29.0. The lowest BCUT2D eigenvalue weighted by Gasteiger charge is -2.34. The summed E-state index contributed by atoms with van der Waals surface area (Å²) in [6.07, 6.45) is 0.954. The Kier molecular flexibility index (Phi) is 11.0. The summed E-state index contributed by atoms with van der Waals surface area (Å²) in [7, 11) is -4.13. The van der Waals surface area contributed by atoms with Gasteiger partial charge in [-0.2, -0.15) is 0 Å². The zero-order chi connectivity index (χ0) is 30.8. The Bertz CT molecular complexity index is 1600. The first kappa shape index (κ1) is 31.8. The van der Waals surface area contributed by atoms with Crippen LogP contribution in [0.5, 0.6) is 0 Å². The Labute approximate surface area is 259 Å². The van der Waals surface area contributed by atoms with Crippen LogP contribution in [0.15, 0.2) is 120 Å². The molecule has 0 saturated heterocycles. The van der Waals surface area contributed by atoms with E-state index < -0.39 is 28.5 Å². The predicted octanol–water partition coefficient (Wildman–Crippen LogP) is 6.09. The second kappa shape index (κ2) is 14.8. The number of nitrogens with zero attached hydrogens (tertiary/aromatic N) is 2. The van der Waals surface area contributed by atoms with Crippen molar-refractivity contribution in [2.75, 3.05) is 10.8 Å². The molecule has 2 atom stereocenters. The van der Waals surface area contributed by atoms with Gasteiger partial charge in [0.1, 0.15) is 12.6 Å². The SMILES string of the molecule is CC[C@@H](C)NC(=O)[C@H](Cc1ccccc1)N(Cc1cccc(Cl)c1)C(=O)CN(c1ccccc1)S(=O)(=O)c1ccccc1. The first-order valence-electron chi connectivity index (χ1n) is 14.2. The van der Waals surface area contributed by atoms with E-state index in [1.54, 1.807) is 66.7 Å². The highest BCUT2D eigenvalue weighted by molar-refractivity contribution is 7.92. The number of amides is 2. The molecular weight excluding hydrogens is 582 g/mol. The lowest BCUT2D eigenvalue weighted by molar-refractivity contribution is -0.140. The number of rotatable bonds is 13. The Morgan fingerprint density at radius 2 is 1.40 bits per heavy atom. The van der Waals surface area contributed by atoms with Gasteiger partial charge in [0.25, 0.3) is 10.0 Å². The van der Waals surface area contributed by atoms with Gasteiger partial charge < -0.3 is 10.2 Å². The second-order valence-corrected chi connectivity index (χ2v) is 12.6. The number of hydrogen-bond donors (Lipinski definition) is 1. The topological polar surface area (TPSA) is 86.8 Å². The molecule has 0 aliphatic rings. The molecule has 9 heteroatoms. The summed E-state index contributed by atoms with van der Waals surface area (Å²) in [4.78, 5) is 29.7. The van der Waals surface area contributed by atoms with Crippen molar-refractivity contribution in [3.63, 3.8) is 0 Å². The van der Waals surface area contributed by atoms with Gasteiger partial charge in [0.15, 0.2) is 0 Å². The van der Waals surface area contributed by atoms with E-state index >= 15 is 0 Å². The van der Waals surface area contributed by atoms with E-state index in [2.05, 4.69) is 5.32 Å². The first-order valence-corrected chi connectivity index (χ1v) is 16.0. The minimum Gasteiger partial charge on any atom is -0.352 e. The highest BCUT2D eigenvalue weighted by Crippen LogP contribution is 2.25. The second-order valence-electron chi connectivity index (χ2n) is 10.3. The molecule has 4 aromatic carbocycles. The van der Waals surface area contributed by atoms with Gasteiger partial charge in [-0.25, -0.2) is 8.42 Å². The van der Waals surface area contributed by atoms with E-state index in [1.807, 2.05) is 50.2 Å². The van der Waals surface area contributed by atoms with Gasteiger partial charge in [-0.1, -0.05) is 97.4 Å². The van der Waals surface area contributed by atoms with Crippen LogP contribution in [0.25, 0.3) is 0 Å². The zero-order valence-corrected chi connectivity index (χ0v) is 25.8. The molecule has 0 bridgehead atoms. The van der Waals surface area contributed by atoms with Crippen LogP contribution >= 0.6 is 11.6 Å². The number of benzene rings is 4. The molecule has 43 heavy (non-hydrogen) atoms. The standard InChI is InChI=1S/C34H36ClN3O4S/c1-3-26(2)36-34(40)32(23-27-14-7-4-8-15-27)37(24-28-16-13-17-29(35)22-28)33(39)25-38(30-18-9-5-10-19-30)43(41,42)31-20-11-6-12-21-31/h4-22,26,32H,3,23-25H2,1-2H3,(H,36,40)/t26-,32+/m1/s1. The molecule has 4 rings (SSSR count). The van der Waals surface area contributed by atoms with Crippen LogP contribution in [0.4, 0.5) is 5.69 Å². The van der Waals surface area contributed by atoms with Crippen molar-refractivity contribution in [2.24, 2.45) is 0 Å². The smallest absolute Gasteiger partial charge is 0.264 e. The van der Waals surface area contributed by atoms with E-state index in [0.29, 0.717) is 22.7 Å². The van der Waals surface area contributed by atoms with Crippen LogP contribution in [-0.4, -0.2) is 43.8 Å². The normalized spacial score (nSPS) is 12.6. The number of nitrogens with one attached hydrogen (secondary N) is 1. The van der Waals surface area contributed by atoms with E-state index in [1.165, 1.54) is 17.0 Å². The van der Waals surface area contributed by atoms with Crippen molar-refractivity contribution in [2.45, 2.75) is 50.2 Å². The fraction of sp³-hybridized carbons (Fsp3) is 0.235. The summed E-state index contributed by atoms with van der Waals surface area (Å²) in [6, 6.07) is 32.0. The van der Waals surface area contributed by atoms with Crippen LogP contribution in [-0.2, 0) is 32.6 Å². The van der Waals surface area contributed by atoms with Crippen LogP contribution in [0.3, 0.4) is 0 Å². The molecule has 0 fully saturated rings.